The maximum atomic E-state index is 14.2. The molecule has 0 bridgehead atoms. The quantitative estimate of drug-likeness (QED) is 0.543. The van der Waals surface area contributed by atoms with E-state index in [1.54, 1.807) is 0 Å². The molecule has 1 aromatic heterocycles. The van der Waals surface area contributed by atoms with E-state index in [4.69, 9.17) is 0 Å². The third kappa shape index (κ3) is 4.15. The number of fused-ring (bicyclic) bond motifs is 3. The van der Waals surface area contributed by atoms with Gasteiger partial charge in [0, 0.05) is 36.0 Å². The van der Waals surface area contributed by atoms with Crippen LogP contribution in [0.2, 0.25) is 0 Å². The predicted octanol–water partition coefficient (Wildman–Crippen LogP) is 5.13. The molecule has 1 saturated carbocycles. The van der Waals surface area contributed by atoms with Crippen LogP contribution in [0.3, 0.4) is 0 Å². The molecule has 2 amide bonds. The number of nitrogens with zero attached hydrogens (tertiary/aromatic N) is 2. The van der Waals surface area contributed by atoms with Crippen molar-refractivity contribution in [2.45, 2.75) is 50.2 Å². The molecule has 3 aliphatic rings. The maximum absolute atomic E-state index is 14.2. The first-order chi connectivity index (χ1) is 17.7. The van der Waals surface area contributed by atoms with Crippen LogP contribution in [0, 0.1) is 11.8 Å². The zero-order valence-electron chi connectivity index (χ0n) is 20.3. The van der Waals surface area contributed by atoms with Crippen molar-refractivity contribution in [2.75, 3.05) is 11.9 Å². The number of benzene rings is 2. The third-order valence-electron chi connectivity index (χ3n) is 8.19. The Labute approximate surface area is 212 Å². The molecule has 2 fully saturated rings. The highest BCUT2D eigenvalue weighted by Gasteiger charge is 2.48. The van der Waals surface area contributed by atoms with Gasteiger partial charge >= 0.3 is 0 Å². The Morgan fingerprint density at radius 3 is 2.50 bits per heavy atom. The molecule has 5 atom stereocenters. The van der Waals surface area contributed by atoms with E-state index in [-0.39, 0.29) is 41.8 Å². The molecule has 184 valence electrons. The van der Waals surface area contributed by atoms with Crippen LogP contribution in [0.5, 0.6) is 0 Å². The number of nitrogens with one attached hydrogen (secondary N) is 2. The lowest BCUT2D eigenvalue weighted by molar-refractivity contribution is -0.138. The van der Waals surface area contributed by atoms with Gasteiger partial charge in [-0.2, -0.15) is 0 Å². The molecule has 2 N–H and O–H groups in total. The average Bonchev–Trinajstić information content (AvgIpc) is 3.39. The minimum atomic E-state index is -0.194. The molecule has 0 radical (unpaired) electrons. The largest absolute Gasteiger partial charge is 0.376 e. The van der Waals surface area contributed by atoms with E-state index in [1.165, 1.54) is 5.56 Å². The second-order valence-corrected chi connectivity index (χ2v) is 10.2. The Bertz CT molecular complexity index is 1230. The number of carbonyl (C=O) groups is 2. The van der Waals surface area contributed by atoms with Crippen LogP contribution in [0.15, 0.2) is 79.0 Å². The minimum absolute atomic E-state index is 0.00866. The number of rotatable bonds is 4. The summed E-state index contributed by atoms with van der Waals surface area (Å²) in [6.07, 6.45) is 6.47. The van der Waals surface area contributed by atoms with Crippen molar-refractivity contribution < 1.29 is 9.59 Å². The summed E-state index contributed by atoms with van der Waals surface area (Å²) in [6.45, 7) is 0.726. The maximum Gasteiger partial charge on any atom is 0.251 e. The molecule has 6 nitrogen and oxygen atoms in total. The van der Waals surface area contributed by atoms with Crippen LogP contribution in [0.1, 0.15) is 65.8 Å². The molecule has 3 aromatic rings. The predicted molar refractivity (Wildman–Crippen MR) is 139 cm³/mol. The van der Waals surface area contributed by atoms with Gasteiger partial charge in [-0.1, -0.05) is 55.3 Å². The van der Waals surface area contributed by atoms with Crippen LogP contribution in [-0.2, 0) is 4.79 Å². The summed E-state index contributed by atoms with van der Waals surface area (Å²) < 4.78 is 0. The van der Waals surface area contributed by atoms with Crippen LogP contribution in [0.25, 0.3) is 0 Å². The van der Waals surface area contributed by atoms with Crippen molar-refractivity contribution >= 4 is 17.5 Å². The highest BCUT2D eigenvalue weighted by atomic mass is 16.2. The molecule has 2 aliphatic heterocycles. The Kier molecular flexibility index (Phi) is 6.18. The molecule has 2 aromatic carbocycles. The van der Waals surface area contributed by atoms with Gasteiger partial charge in [-0.15, -0.1) is 0 Å². The monoisotopic (exact) mass is 480 g/mol. The molecular formula is C30H32N4O2. The zero-order chi connectivity index (χ0) is 24.5. The molecule has 0 spiro atoms. The summed E-state index contributed by atoms with van der Waals surface area (Å²) in [7, 11) is 0. The van der Waals surface area contributed by atoms with Gasteiger partial charge in [0.15, 0.2) is 0 Å². The fourth-order valence-electron chi connectivity index (χ4n) is 6.48. The molecule has 1 aliphatic carbocycles. The molecule has 3 heterocycles. The first-order valence-electron chi connectivity index (χ1n) is 13.1. The lowest BCUT2D eigenvalue weighted by atomic mass is 9.80. The van der Waals surface area contributed by atoms with E-state index in [2.05, 4.69) is 44.8 Å². The Morgan fingerprint density at radius 2 is 1.67 bits per heavy atom. The van der Waals surface area contributed by atoms with Gasteiger partial charge in [0.25, 0.3) is 5.91 Å². The summed E-state index contributed by atoms with van der Waals surface area (Å²) in [5.74, 6) is 0.138. The molecule has 6 heteroatoms. The van der Waals surface area contributed by atoms with Gasteiger partial charge in [-0.3, -0.25) is 14.6 Å². The van der Waals surface area contributed by atoms with Crippen molar-refractivity contribution in [1.82, 2.24) is 15.2 Å². The van der Waals surface area contributed by atoms with Gasteiger partial charge in [0.1, 0.15) is 0 Å². The Balaban J connectivity index is 1.28. The second-order valence-electron chi connectivity index (χ2n) is 10.2. The summed E-state index contributed by atoms with van der Waals surface area (Å²) >= 11 is 0. The van der Waals surface area contributed by atoms with E-state index in [0.717, 1.165) is 50.0 Å². The number of amides is 2. The second kappa shape index (κ2) is 9.76. The van der Waals surface area contributed by atoms with E-state index >= 15 is 0 Å². The fourth-order valence-corrected chi connectivity index (χ4v) is 6.48. The molecule has 0 unspecified atom stereocenters. The summed E-state index contributed by atoms with van der Waals surface area (Å²) in [4.78, 5) is 33.9. The smallest absolute Gasteiger partial charge is 0.251 e. The van der Waals surface area contributed by atoms with Crippen molar-refractivity contribution in [3.8, 4) is 0 Å². The van der Waals surface area contributed by atoms with Crippen LogP contribution < -0.4 is 10.6 Å². The standard InChI is InChI=1S/C30H32N4O2/c35-29(20-10-2-1-3-11-20)33-25-15-7-5-13-22(25)30(36)34-19-17-23-27(26-16-8-9-18-31-26)32-24-14-6-4-12-21(24)28(23)34/h1-4,6,8-12,14,16,18,22-23,25,27-28,32H,5,7,13,15,17,19H2,(H,33,35)/t22-,23-,25+,27-,28+/m0/s1. The van der Waals surface area contributed by atoms with Crippen LogP contribution in [0.4, 0.5) is 5.69 Å². The zero-order valence-corrected chi connectivity index (χ0v) is 20.3. The summed E-state index contributed by atoms with van der Waals surface area (Å²) in [6, 6.07) is 23.6. The highest BCUT2D eigenvalue weighted by Crippen LogP contribution is 2.51. The number of likely N-dealkylation sites (tertiary alicyclic amines) is 1. The summed E-state index contributed by atoms with van der Waals surface area (Å²) in [5.41, 5.74) is 3.91. The lowest BCUT2D eigenvalue weighted by Gasteiger charge is -2.41. The van der Waals surface area contributed by atoms with Gasteiger partial charge in [0.05, 0.1) is 23.7 Å². The Hall–Kier alpha value is -3.67. The number of hydrogen-bond acceptors (Lipinski definition) is 4. The normalized spacial score (nSPS) is 26.9. The first kappa shape index (κ1) is 22.8. The van der Waals surface area contributed by atoms with Crippen LogP contribution >= 0.6 is 0 Å². The molecule has 1 saturated heterocycles. The number of para-hydroxylation sites is 1. The molecule has 36 heavy (non-hydrogen) atoms. The fraction of sp³-hybridized carbons (Fsp3) is 0.367. The number of anilines is 1. The van der Waals surface area contributed by atoms with E-state index in [0.29, 0.717) is 5.56 Å². The SMILES string of the molecule is O=C(N[C@@H]1CCCC[C@@H]1C(=O)N1CC[C@H]2[C@@H](c3ccccn3)Nc3ccccc3[C@H]21)c1ccccc1. The number of pyridine rings is 1. The van der Waals surface area contributed by atoms with Gasteiger partial charge in [0.2, 0.25) is 5.91 Å². The van der Waals surface area contributed by atoms with E-state index < -0.39 is 0 Å². The van der Waals surface area contributed by atoms with Gasteiger partial charge in [-0.25, -0.2) is 0 Å². The van der Waals surface area contributed by atoms with E-state index in [1.807, 2.05) is 54.7 Å². The van der Waals surface area contributed by atoms with E-state index in [9.17, 15) is 9.59 Å². The Morgan fingerprint density at radius 1 is 0.889 bits per heavy atom. The van der Waals surface area contributed by atoms with Crippen LogP contribution in [-0.4, -0.2) is 34.3 Å². The first-order valence-corrected chi connectivity index (χ1v) is 13.1. The number of hydrogen-bond donors (Lipinski definition) is 2. The van der Waals surface area contributed by atoms with Gasteiger partial charge < -0.3 is 15.5 Å². The lowest BCUT2D eigenvalue weighted by Crippen LogP contribution is -2.50. The third-order valence-corrected chi connectivity index (χ3v) is 8.19. The molecule has 6 rings (SSSR count). The highest BCUT2D eigenvalue weighted by molar-refractivity contribution is 5.94. The minimum Gasteiger partial charge on any atom is -0.376 e. The van der Waals surface area contributed by atoms with Gasteiger partial charge in [-0.05, 0) is 55.2 Å². The number of carbonyl (C=O) groups excluding carboxylic acids is 2. The van der Waals surface area contributed by atoms with Crippen molar-refractivity contribution in [2.24, 2.45) is 11.8 Å². The topological polar surface area (TPSA) is 74.3 Å². The van der Waals surface area contributed by atoms with Crippen molar-refractivity contribution in [1.29, 1.82) is 0 Å². The van der Waals surface area contributed by atoms with Crippen molar-refractivity contribution in [3.63, 3.8) is 0 Å². The number of aromatic nitrogens is 1. The average molecular weight is 481 g/mol. The van der Waals surface area contributed by atoms with Crippen molar-refractivity contribution in [3.05, 3.63) is 95.8 Å². The summed E-state index contributed by atoms with van der Waals surface area (Å²) in [5, 5.41) is 6.93. The molecular weight excluding hydrogens is 448 g/mol.